The van der Waals surface area contributed by atoms with E-state index in [2.05, 4.69) is 11.8 Å². The first-order valence-corrected chi connectivity index (χ1v) is 10.4. The molecule has 2 aliphatic heterocycles. The Morgan fingerprint density at radius 1 is 0.897 bits per heavy atom. The van der Waals surface area contributed by atoms with Gasteiger partial charge in [0.25, 0.3) is 11.8 Å². The van der Waals surface area contributed by atoms with Gasteiger partial charge in [0, 0.05) is 18.1 Å². The third-order valence-electron chi connectivity index (χ3n) is 5.76. The fraction of sp³-hybridized carbons (Fsp3) is 0.333. The van der Waals surface area contributed by atoms with Gasteiger partial charge >= 0.3 is 0 Å². The number of hydrogen-bond acceptors (Lipinski definition) is 3. The number of aryl methyl sites for hydroxylation is 2. The number of piperidine rings is 1. The van der Waals surface area contributed by atoms with Gasteiger partial charge in [-0.15, -0.1) is 0 Å². The highest BCUT2D eigenvalue weighted by Crippen LogP contribution is 2.37. The van der Waals surface area contributed by atoms with Crippen LogP contribution >= 0.6 is 11.6 Å². The lowest BCUT2D eigenvalue weighted by molar-refractivity contribution is -0.120. The normalized spacial score (nSPS) is 18.2. The van der Waals surface area contributed by atoms with Crippen LogP contribution in [0.25, 0.3) is 5.57 Å². The first-order chi connectivity index (χ1) is 13.8. The van der Waals surface area contributed by atoms with Crippen molar-refractivity contribution in [1.82, 2.24) is 4.90 Å². The molecule has 2 aliphatic rings. The molecule has 0 aromatic heterocycles. The molecule has 0 spiro atoms. The monoisotopic (exact) mass is 408 g/mol. The van der Waals surface area contributed by atoms with Gasteiger partial charge < -0.3 is 4.90 Å². The summed E-state index contributed by atoms with van der Waals surface area (Å²) >= 11 is 6.06. The summed E-state index contributed by atoms with van der Waals surface area (Å²) in [6.07, 6.45) is 2.03. The minimum atomic E-state index is -0.268. The van der Waals surface area contributed by atoms with Gasteiger partial charge in [-0.2, -0.15) is 0 Å². The maximum Gasteiger partial charge on any atom is 0.282 e. The topological polar surface area (TPSA) is 40.6 Å². The number of anilines is 1. The van der Waals surface area contributed by atoms with Crippen molar-refractivity contribution >= 4 is 34.7 Å². The third kappa shape index (κ3) is 3.69. The summed E-state index contributed by atoms with van der Waals surface area (Å²) in [6.45, 7) is 7.75. The van der Waals surface area contributed by atoms with Crippen LogP contribution in [0.4, 0.5) is 5.69 Å². The average Bonchev–Trinajstić information content (AvgIpc) is 2.93. The van der Waals surface area contributed by atoms with Gasteiger partial charge in [-0.1, -0.05) is 36.7 Å². The zero-order valence-corrected chi connectivity index (χ0v) is 17.8. The summed E-state index contributed by atoms with van der Waals surface area (Å²) in [5.74, 6) is 0.129. The molecular weight excluding hydrogens is 384 g/mol. The minimum absolute atomic E-state index is 0.237. The van der Waals surface area contributed by atoms with E-state index in [9.17, 15) is 9.59 Å². The number of halogens is 1. The van der Waals surface area contributed by atoms with Crippen molar-refractivity contribution in [1.29, 1.82) is 0 Å². The maximum absolute atomic E-state index is 13.5. The second-order valence-electron chi connectivity index (χ2n) is 8.19. The number of rotatable bonds is 3. The van der Waals surface area contributed by atoms with Crippen molar-refractivity contribution in [2.24, 2.45) is 5.92 Å². The fourth-order valence-electron chi connectivity index (χ4n) is 4.23. The molecule has 0 saturated carbocycles. The third-order valence-corrected chi connectivity index (χ3v) is 6.01. The zero-order chi connectivity index (χ0) is 20.7. The molecule has 4 nitrogen and oxygen atoms in total. The van der Waals surface area contributed by atoms with Gasteiger partial charge in [0.15, 0.2) is 0 Å². The number of likely N-dealkylation sites (tertiary alicyclic amines) is 1. The number of carbonyl (C=O) groups is 2. The van der Waals surface area contributed by atoms with E-state index in [-0.39, 0.29) is 11.8 Å². The molecule has 2 heterocycles. The Morgan fingerprint density at radius 3 is 2.07 bits per heavy atom. The van der Waals surface area contributed by atoms with Crippen LogP contribution in [0, 0.1) is 19.8 Å². The van der Waals surface area contributed by atoms with Gasteiger partial charge in [0.05, 0.1) is 11.3 Å². The first kappa shape index (κ1) is 19.7. The van der Waals surface area contributed by atoms with Crippen molar-refractivity contribution in [3.8, 4) is 0 Å². The molecule has 4 rings (SSSR count). The Morgan fingerprint density at radius 2 is 1.48 bits per heavy atom. The van der Waals surface area contributed by atoms with Gasteiger partial charge in [-0.05, 0) is 73.6 Å². The van der Waals surface area contributed by atoms with E-state index < -0.39 is 0 Å². The first-order valence-electron chi connectivity index (χ1n) is 10.1. The zero-order valence-electron chi connectivity index (χ0n) is 17.0. The number of amides is 2. The summed E-state index contributed by atoms with van der Waals surface area (Å²) < 4.78 is 0. The van der Waals surface area contributed by atoms with E-state index in [4.69, 9.17) is 11.6 Å². The molecule has 2 aromatic rings. The molecular formula is C24H25ClN2O2. The number of imide groups is 1. The van der Waals surface area contributed by atoms with Gasteiger partial charge in [0.2, 0.25) is 0 Å². The summed E-state index contributed by atoms with van der Waals surface area (Å²) in [7, 11) is 0. The smallest absolute Gasteiger partial charge is 0.282 e. The van der Waals surface area contributed by atoms with Crippen LogP contribution in [0.1, 0.15) is 36.5 Å². The number of nitrogens with zero attached hydrogens (tertiary/aromatic N) is 2. The number of hydrogen-bond donors (Lipinski definition) is 0. The van der Waals surface area contributed by atoms with Crippen LogP contribution in [0.3, 0.4) is 0 Å². The highest BCUT2D eigenvalue weighted by molar-refractivity contribution is 6.45. The second-order valence-corrected chi connectivity index (χ2v) is 8.63. The van der Waals surface area contributed by atoms with Gasteiger partial charge in [-0.3, -0.25) is 9.59 Å². The molecule has 29 heavy (non-hydrogen) atoms. The molecule has 1 saturated heterocycles. The van der Waals surface area contributed by atoms with Crippen LogP contribution in [-0.2, 0) is 9.59 Å². The number of carbonyl (C=O) groups excluding carboxylic acids is 2. The van der Waals surface area contributed by atoms with Crippen LogP contribution in [0.15, 0.2) is 48.2 Å². The molecule has 0 unspecified atom stereocenters. The lowest BCUT2D eigenvalue weighted by Gasteiger charge is -2.32. The van der Waals surface area contributed by atoms with Crippen molar-refractivity contribution < 1.29 is 9.59 Å². The molecule has 5 heteroatoms. The number of benzene rings is 2. The molecule has 1 fully saturated rings. The van der Waals surface area contributed by atoms with Crippen LogP contribution in [-0.4, -0.2) is 29.8 Å². The SMILES string of the molecule is Cc1cc(C)cc(N2C(=O)C(c3ccc(Cl)cc3)=C(N3CCC(C)CC3)C2=O)c1. The van der Waals surface area contributed by atoms with E-state index in [1.54, 1.807) is 12.1 Å². The molecule has 0 bridgehead atoms. The minimum Gasteiger partial charge on any atom is -0.366 e. The van der Waals surface area contributed by atoms with Gasteiger partial charge in [-0.25, -0.2) is 4.90 Å². The quantitative estimate of drug-likeness (QED) is 0.673. The predicted molar refractivity (Wildman–Crippen MR) is 117 cm³/mol. The van der Waals surface area contributed by atoms with E-state index >= 15 is 0 Å². The highest BCUT2D eigenvalue weighted by Gasteiger charge is 2.43. The summed E-state index contributed by atoms with van der Waals surface area (Å²) in [6, 6.07) is 13.0. The Kier molecular flexibility index (Phi) is 5.22. The van der Waals surface area contributed by atoms with Crippen molar-refractivity contribution in [2.45, 2.75) is 33.6 Å². The molecule has 2 amide bonds. The lowest BCUT2D eigenvalue weighted by atomic mass is 9.97. The van der Waals surface area contributed by atoms with Crippen molar-refractivity contribution in [2.75, 3.05) is 18.0 Å². The van der Waals surface area contributed by atoms with Crippen molar-refractivity contribution in [3.05, 3.63) is 69.9 Å². The maximum atomic E-state index is 13.5. The molecule has 0 N–H and O–H groups in total. The van der Waals surface area contributed by atoms with Crippen LogP contribution < -0.4 is 4.90 Å². The van der Waals surface area contributed by atoms with E-state index in [0.29, 0.717) is 27.9 Å². The van der Waals surface area contributed by atoms with E-state index in [1.165, 1.54) is 4.90 Å². The second kappa shape index (κ2) is 7.68. The van der Waals surface area contributed by atoms with Gasteiger partial charge in [0.1, 0.15) is 5.70 Å². The highest BCUT2D eigenvalue weighted by atomic mass is 35.5. The lowest BCUT2D eigenvalue weighted by Crippen LogP contribution is -2.38. The summed E-state index contributed by atoms with van der Waals surface area (Å²) in [5.41, 5.74) is 4.39. The van der Waals surface area contributed by atoms with Crippen LogP contribution in [0.5, 0.6) is 0 Å². The van der Waals surface area contributed by atoms with E-state index in [1.807, 2.05) is 44.2 Å². The Bertz CT molecular complexity index is 982. The predicted octanol–water partition coefficient (Wildman–Crippen LogP) is 4.97. The summed E-state index contributed by atoms with van der Waals surface area (Å²) in [4.78, 5) is 30.5. The van der Waals surface area contributed by atoms with Crippen LogP contribution in [0.2, 0.25) is 5.02 Å². The Labute approximate surface area is 176 Å². The molecule has 2 aromatic carbocycles. The molecule has 150 valence electrons. The standard InChI is InChI=1S/C24H25ClN2O2/c1-15-8-10-26(11-9-15)22-21(18-4-6-19(25)7-5-18)23(28)27(24(22)29)20-13-16(2)12-17(3)14-20/h4-7,12-15H,8-11H2,1-3H3. The summed E-state index contributed by atoms with van der Waals surface area (Å²) in [5, 5.41) is 0.602. The molecule has 0 radical (unpaired) electrons. The van der Waals surface area contributed by atoms with Crippen molar-refractivity contribution in [3.63, 3.8) is 0 Å². The largest absolute Gasteiger partial charge is 0.366 e. The fourth-order valence-corrected chi connectivity index (χ4v) is 4.36. The Hall–Kier alpha value is -2.59. The van der Waals surface area contributed by atoms with E-state index in [0.717, 1.165) is 42.6 Å². The molecule has 0 aliphatic carbocycles. The molecule has 0 atom stereocenters. The average molecular weight is 409 g/mol. The Balaban J connectivity index is 1.82.